The number of carbonyl (C=O) groups excluding carboxylic acids is 2. The van der Waals surface area contributed by atoms with E-state index in [1.807, 2.05) is 24.3 Å². The molecule has 1 aliphatic rings. The molecule has 1 aromatic heterocycles. The molecule has 0 atom stereocenters. The Bertz CT molecular complexity index is 1290. The standard InChI is InChI=1S/C27H24ClN3O3S/c1-2-34-27(33)24-22-12-13-31(16-19-6-4-3-5-7-19)17-23(22)35-26(24)30-25(32)20(15-29)14-18-8-10-21(28)11-9-18/h3-11,14H,2,12-13,16-17H2,1H3,(H,30,32). The monoisotopic (exact) mass is 505 g/mol. The van der Waals surface area contributed by atoms with Crippen molar-refractivity contribution in [2.45, 2.75) is 26.4 Å². The van der Waals surface area contributed by atoms with Gasteiger partial charge in [0.2, 0.25) is 0 Å². The van der Waals surface area contributed by atoms with Crippen LogP contribution < -0.4 is 5.32 Å². The average Bonchev–Trinajstić information content (AvgIpc) is 3.21. The fraction of sp³-hybridized carbons (Fsp3) is 0.222. The molecule has 2 aromatic carbocycles. The van der Waals surface area contributed by atoms with Crippen molar-refractivity contribution in [1.29, 1.82) is 5.26 Å². The van der Waals surface area contributed by atoms with Gasteiger partial charge in [-0.05, 0) is 48.2 Å². The maximum atomic E-state index is 13.0. The van der Waals surface area contributed by atoms with Crippen LogP contribution in [0.3, 0.4) is 0 Å². The van der Waals surface area contributed by atoms with E-state index in [1.165, 1.54) is 23.0 Å². The maximum absolute atomic E-state index is 13.0. The molecule has 35 heavy (non-hydrogen) atoms. The van der Waals surface area contributed by atoms with Gasteiger partial charge in [0.15, 0.2) is 0 Å². The highest BCUT2D eigenvalue weighted by molar-refractivity contribution is 7.17. The molecule has 8 heteroatoms. The molecule has 1 amide bonds. The van der Waals surface area contributed by atoms with Gasteiger partial charge in [-0.25, -0.2) is 4.79 Å². The van der Waals surface area contributed by atoms with Crippen molar-refractivity contribution in [3.8, 4) is 6.07 Å². The Morgan fingerprint density at radius 1 is 1.20 bits per heavy atom. The Morgan fingerprint density at radius 3 is 2.63 bits per heavy atom. The van der Waals surface area contributed by atoms with Crippen LogP contribution in [0.15, 0.2) is 60.2 Å². The smallest absolute Gasteiger partial charge is 0.341 e. The Kier molecular flexibility index (Phi) is 7.98. The van der Waals surface area contributed by atoms with Gasteiger partial charge in [-0.2, -0.15) is 5.26 Å². The van der Waals surface area contributed by atoms with Crippen LogP contribution in [0.5, 0.6) is 0 Å². The molecule has 3 aromatic rings. The second-order valence-electron chi connectivity index (χ2n) is 8.05. The van der Waals surface area contributed by atoms with Gasteiger partial charge < -0.3 is 10.1 Å². The number of benzene rings is 2. The largest absolute Gasteiger partial charge is 0.462 e. The molecule has 0 fully saturated rings. The van der Waals surface area contributed by atoms with Crippen LogP contribution in [0.1, 0.15) is 38.8 Å². The number of carbonyl (C=O) groups is 2. The summed E-state index contributed by atoms with van der Waals surface area (Å²) in [5.41, 5.74) is 3.13. The molecule has 0 unspecified atom stereocenters. The van der Waals surface area contributed by atoms with E-state index in [1.54, 1.807) is 31.2 Å². The minimum Gasteiger partial charge on any atom is -0.462 e. The zero-order chi connectivity index (χ0) is 24.8. The van der Waals surface area contributed by atoms with E-state index in [4.69, 9.17) is 16.3 Å². The molecule has 4 rings (SSSR count). The number of halogens is 1. The minimum atomic E-state index is -0.576. The lowest BCUT2D eigenvalue weighted by Crippen LogP contribution is -2.29. The summed E-state index contributed by atoms with van der Waals surface area (Å²) in [6.45, 7) is 4.24. The summed E-state index contributed by atoms with van der Waals surface area (Å²) >= 11 is 7.29. The van der Waals surface area contributed by atoms with Gasteiger partial charge in [0.1, 0.15) is 16.6 Å². The van der Waals surface area contributed by atoms with Gasteiger partial charge >= 0.3 is 5.97 Å². The lowest BCUT2D eigenvalue weighted by molar-refractivity contribution is -0.112. The molecule has 0 saturated carbocycles. The number of esters is 1. The van der Waals surface area contributed by atoms with Gasteiger partial charge in [-0.15, -0.1) is 11.3 Å². The summed E-state index contributed by atoms with van der Waals surface area (Å²) in [5.74, 6) is -1.04. The molecule has 0 spiro atoms. The van der Waals surface area contributed by atoms with Crippen LogP contribution in [0.2, 0.25) is 5.02 Å². The quantitative estimate of drug-likeness (QED) is 0.254. The van der Waals surface area contributed by atoms with Gasteiger partial charge in [0.05, 0.1) is 12.2 Å². The van der Waals surface area contributed by atoms with Gasteiger partial charge in [0.25, 0.3) is 5.91 Å². The van der Waals surface area contributed by atoms with E-state index < -0.39 is 11.9 Å². The third-order valence-electron chi connectivity index (χ3n) is 5.64. The first kappa shape index (κ1) is 24.7. The van der Waals surface area contributed by atoms with Crippen molar-refractivity contribution in [2.24, 2.45) is 0 Å². The number of nitrogens with zero attached hydrogens (tertiary/aromatic N) is 2. The van der Waals surface area contributed by atoms with E-state index in [-0.39, 0.29) is 12.2 Å². The van der Waals surface area contributed by atoms with Gasteiger partial charge in [-0.3, -0.25) is 9.69 Å². The molecule has 0 aliphatic carbocycles. The average molecular weight is 506 g/mol. The summed E-state index contributed by atoms with van der Waals surface area (Å²) in [4.78, 5) is 29.2. The summed E-state index contributed by atoms with van der Waals surface area (Å²) in [7, 11) is 0. The van der Waals surface area contributed by atoms with Crippen LogP contribution in [0.4, 0.5) is 5.00 Å². The van der Waals surface area contributed by atoms with E-state index in [9.17, 15) is 14.9 Å². The SMILES string of the molecule is CCOC(=O)c1c(NC(=O)C(C#N)=Cc2ccc(Cl)cc2)sc2c1CCN(Cc1ccccc1)C2. The Morgan fingerprint density at radius 2 is 1.94 bits per heavy atom. The molecule has 0 saturated heterocycles. The van der Waals surface area contributed by atoms with Gasteiger partial charge in [0, 0.05) is 29.5 Å². The molecule has 1 aliphatic heterocycles. The second-order valence-corrected chi connectivity index (χ2v) is 9.59. The number of hydrogen-bond donors (Lipinski definition) is 1. The molecule has 1 N–H and O–H groups in total. The molecular formula is C27H24ClN3O3S. The molecule has 2 heterocycles. The fourth-order valence-corrected chi connectivity index (χ4v) is 5.38. The normalized spacial score (nSPS) is 13.6. The van der Waals surface area contributed by atoms with Crippen LogP contribution in [0, 0.1) is 11.3 Å². The molecule has 6 nitrogen and oxygen atoms in total. The predicted molar refractivity (Wildman–Crippen MR) is 138 cm³/mol. The Hall–Kier alpha value is -3.44. The number of rotatable bonds is 7. The molecular weight excluding hydrogens is 482 g/mol. The number of amides is 1. The summed E-state index contributed by atoms with van der Waals surface area (Å²) in [6.07, 6.45) is 2.17. The molecule has 178 valence electrons. The first-order chi connectivity index (χ1) is 17.0. The van der Waals surface area contributed by atoms with Crippen LogP contribution >= 0.6 is 22.9 Å². The number of thiophene rings is 1. The minimum absolute atomic E-state index is 0.0702. The van der Waals surface area contributed by atoms with Crippen LogP contribution in [-0.4, -0.2) is 29.9 Å². The highest BCUT2D eigenvalue weighted by Gasteiger charge is 2.30. The van der Waals surface area contributed by atoms with Crippen LogP contribution in [-0.2, 0) is 29.0 Å². The highest BCUT2D eigenvalue weighted by Crippen LogP contribution is 2.38. The predicted octanol–water partition coefficient (Wildman–Crippen LogP) is 5.68. The van der Waals surface area contributed by atoms with Crippen molar-refractivity contribution in [3.05, 3.63) is 92.3 Å². The summed E-state index contributed by atoms with van der Waals surface area (Å²) < 4.78 is 5.30. The third kappa shape index (κ3) is 5.98. The molecule has 0 bridgehead atoms. The van der Waals surface area contributed by atoms with E-state index in [0.29, 0.717) is 34.1 Å². The lowest BCUT2D eigenvalue weighted by atomic mass is 10.0. The number of anilines is 1. The number of fused-ring (bicyclic) bond motifs is 1. The Labute approximate surface area is 213 Å². The van der Waals surface area contributed by atoms with E-state index >= 15 is 0 Å². The number of nitrogens with one attached hydrogen (secondary N) is 1. The Balaban J connectivity index is 1.59. The topological polar surface area (TPSA) is 82.4 Å². The zero-order valence-corrected chi connectivity index (χ0v) is 20.8. The van der Waals surface area contributed by atoms with Crippen molar-refractivity contribution < 1.29 is 14.3 Å². The van der Waals surface area contributed by atoms with Crippen molar-refractivity contribution in [2.75, 3.05) is 18.5 Å². The highest BCUT2D eigenvalue weighted by atomic mass is 35.5. The third-order valence-corrected chi connectivity index (χ3v) is 7.02. The zero-order valence-electron chi connectivity index (χ0n) is 19.2. The first-order valence-corrected chi connectivity index (χ1v) is 12.4. The van der Waals surface area contributed by atoms with Crippen molar-refractivity contribution in [1.82, 2.24) is 4.90 Å². The second kappa shape index (κ2) is 11.3. The maximum Gasteiger partial charge on any atom is 0.341 e. The van der Waals surface area contributed by atoms with Crippen molar-refractivity contribution in [3.63, 3.8) is 0 Å². The van der Waals surface area contributed by atoms with E-state index in [0.717, 1.165) is 23.5 Å². The van der Waals surface area contributed by atoms with E-state index in [2.05, 4.69) is 22.3 Å². The number of hydrogen-bond acceptors (Lipinski definition) is 6. The fourth-order valence-electron chi connectivity index (χ4n) is 3.98. The van der Waals surface area contributed by atoms with Crippen molar-refractivity contribution >= 4 is 45.9 Å². The molecule has 0 radical (unpaired) electrons. The number of ether oxygens (including phenoxy) is 1. The summed E-state index contributed by atoms with van der Waals surface area (Å²) in [5, 5.41) is 13.4. The van der Waals surface area contributed by atoms with Gasteiger partial charge in [-0.1, -0.05) is 54.1 Å². The first-order valence-electron chi connectivity index (χ1n) is 11.2. The van der Waals surface area contributed by atoms with Crippen LogP contribution in [0.25, 0.3) is 6.08 Å². The lowest BCUT2D eigenvalue weighted by Gasteiger charge is -2.27. The summed E-state index contributed by atoms with van der Waals surface area (Å²) in [6, 6.07) is 19.0. The number of nitriles is 1.